The van der Waals surface area contributed by atoms with E-state index in [1.54, 1.807) is 42.5 Å². The number of anilines is 1. The Labute approximate surface area is 219 Å². The molecule has 1 aliphatic rings. The Bertz CT molecular complexity index is 1610. The van der Waals surface area contributed by atoms with Crippen LogP contribution in [0.2, 0.25) is 0 Å². The van der Waals surface area contributed by atoms with Gasteiger partial charge in [-0.25, -0.2) is 0 Å². The molecule has 5 rings (SSSR count). The molecule has 2 heterocycles. The molecule has 1 unspecified atom stereocenters. The zero-order chi connectivity index (χ0) is 27.9. The monoisotopic (exact) mass is 539 g/mol. The molecule has 0 aliphatic carbocycles. The maximum absolute atomic E-state index is 13.8. The Hall–Kier alpha value is -4.93. The molecule has 0 spiro atoms. The van der Waals surface area contributed by atoms with Crippen molar-refractivity contribution in [2.75, 3.05) is 19.1 Å². The summed E-state index contributed by atoms with van der Waals surface area (Å²) in [6.45, 7) is 0. The highest BCUT2D eigenvalue weighted by atomic mass is 19.4. The first-order valence-electron chi connectivity index (χ1n) is 11.5. The Morgan fingerprint density at radius 3 is 2.33 bits per heavy atom. The molecule has 1 atom stereocenters. The minimum absolute atomic E-state index is 0.0387. The Kier molecular flexibility index (Phi) is 6.43. The topological polar surface area (TPSA) is 98.4 Å². The number of alkyl halides is 3. The Balaban J connectivity index is 1.63. The maximum Gasteiger partial charge on any atom is 0.573 e. The van der Waals surface area contributed by atoms with Crippen molar-refractivity contribution in [3.63, 3.8) is 0 Å². The Morgan fingerprint density at radius 1 is 0.949 bits per heavy atom. The van der Waals surface area contributed by atoms with Crippen molar-refractivity contribution in [1.82, 2.24) is 0 Å². The van der Waals surface area contributed by atoms with Crippen molar-refractivity contribution in [3.8, 4) is 17.2 Å². The molecule has 4 aromatic rings. The molecule has 0 saturated heterocycles. The molecular weight excluding hydrogens is 519 g/mol. The summed E-state index contributed by atoms with van der Waals surface area (Å²) >= 11 is 0. The minimum Gasteiger partial charge on any atom is -0.503 e. The number of fused-ring (bicyclic) bond motifs is 1. The first-order chi connectivity index (χ1) is 18.6. The molecule has 0 fully saturated rings. The third-order valence-corrected chi connectivity index (χ3v) is 6.17. The number of Topliss-reactive ketones (excluding diaryl/α,β-unsaturated/α-hetero) is 1. The number of carbonyl (C=O) groups is 2. The van der Waals surface area contributed by atoms with E-state index in [0.29, 0.717) is 28.0 Å². The number of hydrogen-bond donors (Lipinski definition) is 1. The lowest BCUT2D eigenvalue weighted by molar-refractivity contribution is -0.274. The SMILES string of the molecule is COc1ccc(C2C(C(=O)c3cc4cccc(OC)c4o3)=C(O)C(=O)N2c2cccc(OC(F)(F)F)c2)cc1. The Morgan fingerprint density at radius 2 is 1.67 bits per heavy atom. The lowest BCUT2D eigenvalue weighted by Crippen LogP contribution is -2.31. The summed E-state index contributed by atoms with van der Waals surface area (Å²) in [4.78, 5) is 28.2. The van der Waals surface area contributed by atoms with E-state index >= 15 is 0 Å². The van der Waals surface area contributed by atoms with Gasteiger partial charge >= 0.3 is 6.36 Å². The predicted octanol–water partition coefficient (Wildman–Crippen LogP) is 6.13. The van der Waals surface area contributed by atoms with Crippen LogP contribution in [0.5, 0.6) is 17.2 Å². The van der Waals surface area contributed by atoms with Crippen molar-refractivity contribution < 1.29 is 46.5 Å². The van der Waals surface area contributed by atoms with E-state index in [4.69, 9.17) is 13.9 Å². The highest BCUT2D eigenvalue weighted by Gasteiger charge is 2.45. The van der Waals surface area contributed by atoms with E-state index in [1.807, 2.05) is 0 Å². The van der Waals surface area contributed by atoms with Crippen LogP contribution in [0, 0.1) is 0 Å². The molecule has 3 aromatic carbocycles. The van der Waals surface area contributed by atoms with Gasteiger partial charge in [-0.3, -0.25) is 14.5 Å². The number of furan rings is 1. The van der Waals surface area contributed by atoms with Gasteiger partial charge in [-0.15, -0.1) is 13.2 Å². The van der Waals surface area contributed by atoms with Crippen LogP contribution in [0.3, 0.4) is 0 Å². The quantitative estimate of drug-likeness (QED) is 0.282. The van der Waals surface area contributed by atoms with E-state index in [9.17, 15) is 27.9 Å². The zero-order valence-electron chi connectivity index (χ0n) is 20.5. The number of halogens is 3. The van der Waals surface area contributed by atoms with Gasteiger partial charge in [0, 0.05) is 17.1 Å². The molecule has 0 bridgehead atoms. The lowest BCUT2D eigenvalue weighted by atomic mass is 9.94. The number of ether oxygens (including phenoxy) is 3. The van der Waals surface area contributed by atoms with Crippen molar-refractivity contribution in [3.05, 3.63) is 95.5 Å². The van der Waals surface area contributed by atoms with Crippen molar-refractivity contribution >= 4 is 28.3 Å². The number of aliphatic hydroxyl groups is 1. The van der Waals surface area contributed by atoms with Gasteiger partial charge < -0.3 is 23.7 Å². The number of amides is 1. The molecular formula is C28H20F3NO7. The molecule has 39 heavy (non-hydrogen) atoms. The summed E-state index contributed by atoms with van der Waals surface area (Å²) in [5.74, 6) is -2.52. The number of carbonyl (C=O) groups excluding carboxylic acids is 2. The van der Waals surface area contributed by atoms with Gasteiger partial charge in [0.1, 0.15) is 11.5 Å². The van der Waals surface area contributed by atoms with Crippen LogP contribution in [0.15, 0.2) is 88.5 Å². The summed E-state index contributed by atoms with van der Waals surface area (Å²) in [5.41, 5.74) is 0.323. The molecule has 8 nitrogen and oxygen atoms in total. The summed E-state index contributed by atoms with van der Waals surface area (Å²) in [6, 6.07) is 16.3. The molecule has 0 saturated carbocycles. The highest BCUT2D eigenvalue weighted by molar-refractivity contribution is 6.20. The molecule has 1 amide bonds. The van der Waals surface area contributed by atoms with Crippen LogP contribution < -0.4 is 19.1 Å². The average molecular weight is 539 g/mol. The standard InChI is InChI=1S/C28H20F3NO7/c1-36-18-11-9-15(10-12-18)23-22(24(33)21-13-16-5-3-8-20(37-2)26(16)38-21)25(34)27(35)32(23)17-6-4-7-19(14-17)39-28(29,30)31/h3-14,23,34H,1-2H3. The van der Waals surface area contributed by atoms with Gasteiger partial charge in [0.25, 0.3) is 5.91 Å². The molecule has 1 aliphatic heterocycles. The van der Waals surface area contributed by atoms with E-state index in [0.717, 1.165) is 17.0 Å². The summed E-state index contributed by atoms with van der Waals surface area (Å²) < 4.78 is 58.9. The number of aliphatic hydroxyl groups excluding tert-OH is 1. The van der Waals surface area contributed by atoms with E-state index in [-0.39, 0.29) is 17.0 Å². The van der Waals surface area contributed by atoms with Crippen LogP contribution in [-0.4, -0.2) is 37.4 Å². The molecule has 1 aromatic heterocycles. The summed E-state index contributed by atoms with van der Waals surface area (Å²) in [6.07, 6.45) is -4.97. The fourth-order valence-corrected chi connectivity index (χ4v) is 4.48. The first kappa shape index (κ1) is 25.7. The van der Waals surface area contributed by atoms with Crippen LogP contribution >= 0.6 is 0 Å². The number of rotatable bonds is 7. The van der Waals surface area contributed by atoms with Crippen molar-refractivity contribution in [2.45, 2.75) is 12.4 Å². The third-order valence-electron chi connectivity index (χ3n) is 6.17. The van der Waals surface area contributed by atoms with Gasteiger partial charge in [-0.2, -0.15) is 0 Å². The zero-order valence-corrected chi connectivity index (χ0v) is 20.5. The number of ketones is 1. The average Bonchev–Trinajstić information content (AvgIpc) is 3.46. The van der Waals surface area contributed by atoms with E-state index < -0.39 is 35.6 Å². The molecule has 11 heteroatoms. The summed E-state index contributed by atoms with van der Waals surface area (Å²) in [7, 11) is 2.90. The fourth-order valence-electron chi connectivity index (χ4n) is 4.48. The fraction of sp³-hybridized carbons (Fsp3) is 0.143. The number of hydrogen-bond acceptors (Lipinski definition) is 7. The second-order valence-electron chi connectivity index (χ2n) is 8.48. The number of benzene rings is 3. The van der Waals surface area contributed by atoms with Gasteiger partial charge in [0.2, 0.25) is 5.78 Å². The third kappa shape index (κ3) is 4.74. The maximum atomic E-state index is 13.8. The first-order valence-corrected chi connectivity index (χ1v) is 11.5. The van der Waals surface area contributed by atoms with Crippen molar-refractivity contribution in [1.29, 1.82) is 0 Å². The second kappa shape index (κ2) is 9.75. The van der Waals surface area contributed by atoms with Crippen LogP contribution in [0.1, 0.15) is 22.2 Å². The normalized spacial score (nSPS) is 15.7. The predicted molar refractivity (Wildman–Crippen MR) is 133 cm³/mol. The number of methoxy groups -OCH3 is 2. The number of nitrogens with zero attached hydrogens (tertiary/aromatic N) is 1. The van der Waals surface area contributed by atoms with Gasteiger partial charge in [-0.1, -0.05) is 30.3 Å². The molecule has 1 N–H and O–H groups in total. The van der Waals surface area contributed by atoms with Gasteiger partial charge in [0.05, 0.1) is 25.8 Å². The second-order valence-corrected chi connectivity index (χ2v) is 8.48. The van der Waals surface area contributed by atoms with Gasteiger partial charge in [-0.05, 0) is 42.0 Å². The van der Waals surface area contributed by atoms with Gasteiger partial charge in [0.15, 0.2) is 22.9 Å². The lowest BCUT2D eigenvalue weighted by Gasteiger charge is -2.27. The minimum atomic E-state index is -4.97. The van der Waals surface area contributed by atoms with Crippen LogP contribution in [0.4, 0.5) is 18.9 Å². The van der Waals surface area contributed by atoms with Crippen LogP contribution in [-0.2, 0) is 4.79 Å². The highest BCUT2D eigenvalue weighted by Crippen LogP contribution is 2.44. The molecule has 0 radical (unpaired) electrons. The number of para-hydroxylation sites is 1. The van der Waals surface area contributed by atoms with E-state index in [1.165, 1.54) is 32.4 Å². The smallest absolute Gasteiger partial charge is 0.503 e. The molecule has 200 valence electrons. The largest absolute Gasteiger partial charge is 0.573 e. The van der Waals surface area contributed by atoms with Crippen molar-refractivity contribution in [2.24, 2.45) is 0 Å². The van der Waals surface area contributed by atoms with E-state index in [2.05, 4.69) is 4.74 Å². The summed E-state index contributed by atoms with van der Waals surface area (Å²) in [5, 5.41) is 11.5. The van der Waals surface area contributed by atoms with Crippen LogP contribution in [0.25, 0.3) is 11.0 Å².